The molecule has 0 radical (unpaired) electrons. The van der Waals surface area contributed by atoms with Crippen molar-refractivity contribution in [2.24, 2.45) is 0 Å². The smallest absolute Gasteiger partial charge is 0.119 e. The molecule has 0 aromatic heterocycles. The van der Waals surface area contributed by atoms with Crippen LogP contribution in [0.1, 0.15) is 24.5 Å². The predicted molar refractivity (Wildman–Crippen MR) is 60.5 cm³/mol. The quantitative estimate of drug-likeness (QED) is 0.764. The minimum atomic E-state index is -0.361. The molecule has 0 spiro atoms. The molecule has 1 atom stereocenters. The fourth-order valence-corrected chi connectivity index (χ4v) is 2.07. The molecule has 1 N–H and O–H groups in total. The molecule has 1 aromatic carbocycles. The molecule has 1 unspecified atom stereocenters. The van der Waals surface area contributed by atoms with E-state index in [9.17, 15) is 5.11 Å². The summed E-state index contributed by atoms with van der Waals surface area (Å²) in [6.45, 7) is 0.996. The van der Waals surface area contributed by atoms with Crippen molar-refractivity contribution in [2.75, 3.05) is 25.6 Å². The van der Waals surface area contributed by atoms with Crippen LogP contribution in [0.5, 0.6) is 5.75 Å². The zero-order chi connectivity index (χ0) is 10.8. The molecule has 1 aromatic rings. The summed E-state index contributed by atoms with van der Waals surface area (Å²) in [5, 5.41) is 10.00. The molecule has 0 fully saturated rings. The third kappa shape index (κ3) is 1.92. The van der Waals surface area contributed by atoms with Crippen LogP contribution in [0.4, 0.5) is 5.69 Å². The van der Waals surface area contributed by atoms with Crippen LogP contribution in [-0.4, -0.2) is 25.8 Å². The summed E-state index contributed by atoms with van der Waals surface area (Å²) in [7, 11) is 3.71. The second-order valence-electron chi connectivity index (χ2n) is 4.00. The van der Waals surface area contributed by atoms with E-state index in [4.69, 9.17) is 4.74 Å². The normalized spacial score (nSPS) is 20.7. The standard InChI is InChI=1S/C12H17NO2/c1-13-7-3-4-12(14)10-8-9(15-2)5-6-11(10)13/h5-6,8,12,14H,3-4,7H2,1-2H3. The van der Waals surface area contributed by atoms with Crippen molar-refractivity contribution in [1.29, 1.82) is 0 Å². The van der Waals surface area contributed by atoms with Crippen LogP contribution in [0.3, 0.4) is 0 Å². The second kappa shape index (κ2) is 4.11. The van der Waals surface area contributed by atoms with Gasteiger partial charge in [0.15, 0.2) is 0 Å². The highest BCUT2D eigenvalue weighted by molar-refractivity contribution is 5.57. The molecule has 1 aliphatic rings. The molecule has 2 rings (SSSR count). The molecule has 3 nitrogen and oxygen atoms in total. The lowest BCUT2D eigenvalue weighted by Gasteiger charge is -2.20. The maximum absolute atomic E-state index is 10.00. The van der Waals surface area contributed by atoms with Gasteiger partial charge in [0, 0.05) is 24.8 Å². The van der Waals surface area contributed by atoms with E-state index < -0.39 is 0 Å². The average Bonchev–Trinajstić information content (AvgIpc) is 2.40. The van der Waals surface area contributed by atoms with Crippen molar-refractivity contribution in [2.45, 2.75) is 18.9 Å². The Balaban J connectivity index is 2.45. The summed E-state index contributed by atoms with van der Waals surface area (Å²) in [5.41, 5.74) is 2.09. The van der Waals surface area contributed by atoms with E-state index in [2.05, 4.69) is 11.9 Å². The number of rotatable bonds is 1. The van der Waals surface area contributed by atoms with Crippen LogP contribution in [0.15, 0.2) is 18.2 Å². The summed E-state index contributed by atoms with van der Waals surface area (Å²) in [6.07, 6.45) is 1.49. The van der Waals surface area contributed by atoms with Crippen molar-refractivity contribution in [3.05, 3.63) is 23.8 Å². The summed E-state index contributed by atoms with van der Waals surface area (Å²) >= 11 is 0. The number of aliphatic hydroxyl groups is 1. The van der Waals surface area contributed by atoms with Gasteiger partial charge in [-0.05, 0) is 31.0 Å². The van der Waals surface area contributed by atoms with E-state index >= 15 is 0 Å². The van der Waals surface area contributed by atoms with Gasteiger partial charge >= 0.3 is 0 Å². The van der Waals surface area contributed by atoms with Gasteiger partial charge in [-0.25, -0.2) is 0 Å². The molecule has 0 saturated heterocycles. The van der Waals surface area contributed by atoms with Gasteiger partial charge in [-0.2, -0.15) is 0 Å². The Kier molecular flexibility index (Phi) is 2.82. The molecule has 0 bridgehead atoms. The number of anilines is 1. The first kappa shape index (κ1) is 10.3. The van der Waals surface area contributed by atoms with Gasteiger partial charge in [-0.1, -0.05) is 0 Å². The number of ether oxygens (including phenoxy) is 1. The summed E-state index contributed by atoms with van der Waals surface area (Å²) < 4.78 is 5.18. The zero-order valence-corrected chi connectivity index (χ0v) is 9.23. The Labute approximate surface area is 90.3 Å². The molecule has 15 heavy (non-hydrogen) atoms. The van der Waals surface area contributed by atoms with Crippen LogP contribution < -0.4 is 9.64 Å². The van der Waals surface area contributed by atoms with Gasteiger partial charge in [-0.15, -0.1) is 0 Å². The Morgan fingerprint density at radius 1 is 1.47 bits per heavy atom. The number of hydrogen-bond acceptors (Lipinski definition) is 3. The minimum absolute atomic E-state index is 0.361. The van der Waals surface area contributed by atoms with Crippen LogP contribution in [0.2, 0.25) is 0 Å². The fourth-order valence-electron chi connectivity index (χ4n) is 2.07. The number of methoxy groups -OCH3 is 1. The lowest BCUT2D eigenvalue weighted by Crippen LogP contribution is -2.17. The first-order valence-corrected chi connectivity index (χ1v) is 5.29. The maximum Gasteiger partial charge on any atom is 0.119 e. The third-order valence-corrected chi connectivity index (χ3v) is 2.98. The molecule has 0 saturated carbocycles. The number of benzene rings is 1. The monoisotopic (exact) mass is 207 g/mol. The lowest BCUT2D eigenvalue weighted by atomic mass is 10.0. The number of fused-ring (bicyclic) bond motifs is 1. The van der Waals surface area contributed by atoms with Crippen molar-refractivity contribution < 1.29 is 9.84 Å². The maximum atomic E-state index is 10.00. The van der Waals surface area contributed by atoms with Crippen LogP contribution in [0, 0.1) is 0 Å². The van der Waals surface area contributed by atoms with Gasteiger partial charge in [-0.3, -0.25) is 0 Å². The van der Waals surface area contributed by atoms with Gasteiger partial charge in [0.1, 0.15) is 5.75 Å². The molecular weight excluding hydrogens is 190 g/mol. The number of hydrogen-bond donors (Lipinski definition) is 1. The summed E-state index contributed by atoms with van der Waals surface area (Å²) in [5.74, 6) is 0.808. The second-order valence-corrected chi connectivity index (χ2v) is 4.00. The Morgan fingerprint density at radius 3 is 3.00 bits per heavy atom. The van der Waals surface area contributed by atoms with E-state index in [1.807, 2.05) is 18.2 Å². The lowest BCUT2D eigenvalue weighted by molar-refractivity contribution is 0.168. The molecule has 82 valence electrons. The Morgan fingerprint density at radius 2 is 2.27 bits per heavy atom. The van der Waals surface area contributed by atoms with E-state index in [1.54, 1.807) is 7.11 Å². The molecule has 3 heteroatoms. The van der Waals surface area contributed by atoms with E-state index in [-0.39, 0.29) is 6.10 Å². The Bertz CT molecular complexity index is 351. The fraction of sp³-hybridized carbons (Fsp3) is 0.500. The van der Waals surface area contributed by atoms with E-state index in [1.165, 1.54) is 0 Å². The molecule has 0 amide bonds. The molecule has 1 heterocycles. The van der Waals surface area contributed by atoms with Crippen LogP contribution >= 0.6 is 0 Å². The number of aliphatic hydroxyl groups excluding tert-OH is 1. The third-order valence-electron chi connectivity index (χ3n) is 2.98. The van der Waals surface area contributed by atoms with Gasteiger partial charge in [0.2, 0.25) is 0 Å². The van der Waals surface area contributed by atoms with Crippen molar-refractivity contribution in [3.8, 4) is 5.75 Å². The number of nitrogens with zero attached hydrogens (tertiary/aromatic N) is 1. The summed E-state index contributed by atoms with van der Waals surface area (Å²) in [4.78, 5) is 2.19. The van der Waals surface area contributed by atoms with Gasteiger partial charge in [0.05, 0.1) is 13.2 Å². The van der Waals surface area contributed by atoms with Crippen molar-refractivity contribution in [3.63, 3.8) is 0 Å². The van der Waals surface area contributed by atoms with Crippen LogP contribution in [-0.2, 0) is 0 Å². The largest absolute Gasteiger partial charge is 0.497 e. The van der Waals surface area contributed by atoms with E-state index in [0.29, 0.717) is 0 Å². The zero-order valence-electron chi connectivity index (χ0n) is 9.23. The highest BCUT2D eigenvalue weighted by atomic mass is 16.5. The Hall–Kier alpha value is -1.22. The topological polar surface area (TPSA) is 32.7 Å². The van der Waals surface area contributed by atoms with Gasteiger partial charge in [0.25, 0.3) is 0 Å². The van der Waals surface area contributed by atoms with Gasteiger partial charge < -0.3 is 14.7 Å². The first-order chi connectivity index (χ1) is 7.22. The molecule has 1 aliphatic heterocycles. The molecular formula is C12H17NO2. The van der Waals surface area contributed by atoms with E-state index in [0.717, 1.165) is 36.4 Å². The van der Waals surface area contributed by atoms with Crippen molar-refractivity contribution in [1.82, 2.24) is 0 Å². The highest BCUT2D eigenvalue weighted by Crippen LogP contribution is 2.34. The summed E-state index contributed by atoms with van der Waals surface area (Å²) in [6, 6.07) is 5.89. The first-order valence-electron chi connectivity index (χ1n) is 5.29. The van der Waals surface area contributed by atoms with Crippen molar-refractivity contribution >= 4 is 5.69 Å². The highest BCUT2D eigenvalue weighted by Gasteiger charge is 2.19. The van der Waals surface area contributed by atoms with Crippen LogP contribution in [0.25, 0.3) is 0 Å². The minimum Gasteiger partial charge on any atom is -0.497 e. The average molecular weight is 207 g/mol. The SMILES string of the molecule is COc1ccc2c(c1)C(O)CCCN2C. The predicted octanol–water partition coefficient (Wildman–Crippen LogP) is 1.96. The molecule has 0 aliphatic carbocycles.